The van der Waals surface area contributed by atoms with Gasteiger partial charge < -0.3 is 14.8 Å². The maximum Gasteiger partial charge on any atom is 0.269 e. The molecule has 3 rings (SSSR count). The van der Waals surface area contributed by atoms with Gasteiger partial charge in [-0.1, -0.05) is 42.5 Å². The molecule has 26 heavy (non-hydrogen) atoms. The highest BCUT2D eigenvalue weighted by Gasteiger charge is 2.31. The zero-order valence-electron chi connectivity index (χ0n) is 14.3. The third-order valence-electron chi connectivity index (χ3n) is 4.24. The fourth-order valence-electron chi connectivity index (χ4n) is 2.81. The van der Waals surface area contributed by atoms with Gasteiger partial charge in [0.05, 0.1) is 30.1 Å². The van der Waals surface area contributed by atoms with Crippen LogP contribution in [0.5, 0.6) is 0 Å². The summed E-state index contributed by atoms with van der Waals surface area (Å²) in [6, 6.07) is 15.4. The van der Waals surface area contributed by atoms with E-state index in [1.807, 2.05) is 37.3 Å². The van der Waals surface area contributed by atoms with E-state index in [0.29, 0.717) is 12.0 Å². The predicted molar refractivity (Wildman–Crippen MR) is 94.4 cm³/mol. The molecule has 1 N–H and O–H groups in total. The molecule has 0 unspecified atom stereocenters. The van der Waals surface area contributed by atoms with Gasteiger partial charge in [-0.25, -0.2) is 0 Å². The van der Waals surface area contributed by atoms with E-state index in [2.05, 4.69) is 5.32 Å². The van der Waals surface area contributed by atoms with Crippen molar-refractivity contribution in [3.05, 3.63) is 75.8 Å². The molecule has 1 aliphatic rings. The SMILES string of the molecule is C[C@@H]1O[C@@H](c2cccc([N+](=O)[O-])c2)OC[C@H]1NC(=O)Cc1ccccc1. The number of non-ortho nitro benzene ring substituents is 1. The predicted octanol–water partition coefficient (Wildman–Crippen LogP) is 2.76. The molecule has 136 valence electrons. The van der Waals surface area contributed by atoms with Crippen LogP contribution in [0, 0.1) is 10.1 Å². The maximum absolute atomic E-state index is 12.2. The van der Waals surface area contributed by atoms with Crippen molar-refractivity contribution in [1.82, 2.24) is 5.32 Å². The van der Waals surface area contributed by atoms with Crippen LogP contribution in [0.4, 0.5) is 5.69 Å². The van der Waals surface area contributed by atoms with Crippen molar-refractivity contribution >= 4 is 11.6 Å². The number of rotatable bonds is 5. The highest BCUT2D eigenvalue weighted by molar-refractivity contribution is 5.78. The summed E-state index contributed by atoms with van der Waals surface area (Å²) in [5, 5.41) is 13.8. The minimum Gasteiger partial charge on any atom is -0.348 e. The first-order chi connectivity index (χ1) is 12.5. The topological polar surface area (TPSA) is 90.7 Å². The Hall–Kier alpha value is -2.77. The second-order valence-corrected chi connectivity index (χ2v) is 6.19. The Bertz CT molecular complexity index is 781. The fraction of sp³-hybridized carbons (Fsp3) is 0.316. The van der Waals surface area contributed by atoms with Crippen molar-refractivity contribution in [3.63, 3.8) is 0 Å². The Balaban J connectivity index is 1.57. The van der Waals surface area contributed by atoms with E-state index in [4.69, 9.17) is 9.47 Å². The number of carbonyl (C=O) groups excluding carboxylic acids is 1. The molecule has 3 atom stereocenters. The Morgan fingerprint density at radius 1 is 1.23 bits per heavy atom. The number of hydrogen-bond acceptors (Lipinski definition) is 5. The van der Waals surface area contributed by atoms with E-state index in [1.54, 1.807) is 12.1 Å². The summed E-state index contributed by atoms with van der Waals surface area (Å²) in [5.41, 5.74) is 1.51. The normalized spacial score (nSPS) is 22.6. The number of hydrogen-bond donors (Lipinski definition) is 1. The highest BCUT2D eigenvalue weighted by Crippen LogP contribution is 2.28. The number of carbonyl (C=O) groups is 1. The summed E-state index contributed by atoms with van der Waals surface area (Å²) in [4.78, 5) is 22.6. The number of amides is 1. The first-order valence-electron chi connectivity index (χ1n) is 8.37. The molecule has 1 aliphatic heterocycles. The van der Waals surface area contributed by atoms with Crippen LogP contribution >= 0.6 is 0 Å². The van der Waals surface area contributed by atoms with Gasteiger partial charge in [0.1, 0.15) is 0 Å². The van der Waals surface area contributed by atoms with Crippen LogP contribution in [0.25, 0.3) is 0 Å². The minimum atomic E-state index is -0.688. The first kappa shape index (κ1) is 18.0. The third-order valence-corrected chi connectivity index (χ3v) is 4.24. The number of nitrogens with one attached hydrogen (secondary N) is 1. The molecule has 0 bridgehead atoms. The van der Waals surface area contributed by atoms with E-state index in [1.165, 1.54) is 12.1 Å². The van der Waals surface area contributed by atoms with Gasteiger partial charge in [-0.15, -0.1) is 0 Å². The second kappa shape index (κ2) is 8.07. The lowest BCUT2D eigenvalue weighted by Gasteiger charge is -2.35. The molecule has 0 aromatic heterocycles. The number of nitrogens with zero attached hydrogens (tertiary/aromatic N) is 1. The average Bonchev–Trinajstić information content (AvgIpc) is 2.64. The number of nitro benzene ring substituents is 1. The van der Waals surface area contributed by atoms with Crippen LogP contribution in [0.2, 0.25) is 0 Å². The van der Waals surface area contributed by atoms with Gasteiger partial charge in [-0.3, -0.25) is 14.9 Å². The van der Waals surface area contributed by atoms with Gasteiger partial charge in [0.25, 0.3) is 5.69 Å². The molecule has 7 nitrogen and oxygen atoms in total. The average molecular weight is 356 g/mol. The fourth-order valence-corrected chi connectivity index (χ4v) is 2.81. The van der Waals surface area contributed by atoms with Crippen molar-refractivity contribution in [2.24, 2.45) is 0 Å². The van der Waals surface area contributed by atoms with E-state index in [0.717, 1.165) is 5.56 Å². The van der Waals surface area contributed by atoms with E-state index in [-0.39, 0.29) is 30.3 Å². The summed E-state index contributed by atoms with van der Waals surface area (Å²) >= 11 is 0. The molecule has 0 saturated carbocycles. The van der Waals surface area contributed by atoms with Gasteiger partial charge in [0.2, 0.25) is 5.91 Å². The van der Waals surface area contributed by atoms with Crippen LogP contribution in [0.1, 0.15) is 24.3 Å². The lowest BCUT2D eigenvalue weighted by molar-refractivity contribution is -0.385. The van der Waals surface area contributed by atoms with Crippen LogP contribution in [-0.2, 0) is 20.7 Å². The van der Waals surface area contributed by atoms with Crippen molar-refractivity contribution in [1.29, 1.82) is 0 Å². The molecule has 0 radical (unpaired) electrons. The Labute approximate surface area is 151 Å². The second-order valence-electron chi connectivity index (χ2n) is 6.19. The standard InChI is InChI=1S/C19H20N2O5/c1-13-17(20-18(22)10-14-6-3-2-4-7-14)12-25-19(26-13)15-8-5-9-16(11-15)21(23)24/h2-9,11,13,17,19H,10,12H2,1H3,(H,20,22)/t13-,17+,19-/m0/s1. The van der Waals surface area contributed by atoms with Gasteiger partial charge >= 0.3 is 0 Å². The van der Waals surface area contributed by atoms with Crippen molar-refractivity contribution in [3.8, 4) is 0 Å². The monoisotopic (exact) mass is 356 g/mol. The molecule has 0 aliphatic carbocycles. The van der Waals surface area contributed by atoms with Crippen molar-refractivity contribution < 1.29 is 19.2 Å². The molecule has 0 spiro atoms. The Kier molecular flexibility index (Phi) is 5.60. The number of benzene rings is 2. The molecular weight excluding hydrogens is 336 g/mol. The van der Waals surface area contributed by atoms with Crippen LogP contribution in [-0.4, -0.2) is 29.6 Å². The lowest BCUT2D eigenvalue weighted by atomic mass is 10.1. The van der Waals surface area contributed by atoms with Crippen molar-refractivity contribution in [2.75, 3.05) is 6.61 Å². The van der Waals surface area contributed by atoms with E-state index < -0.39 is 11.2 Å². The largest absolute Gasteiger partial charge is 0.348 e. The lowest BCUT2D eigenvalue weighted by Crippen LogP contribution is -2.50. The smallest absolute Gasteiger partial charge is 0.269 e. The molecule has 2 aromatic carbocycles. The van der Waals surface area contributed by atoms with E-state index in [9.17, 15) is 14.9 Å². The van der Waals surface area contributed by atoms with Crippen LogP contribution in [0.15, 0.2) is 54.6 Å². The zero-order chi connectivity index (χ0) is 18.5. The summed E-state index contributed by atoms with van der Waals surface area (Å²) in [6.07, 6.45) is -0.682. The third kappa shape index (κ3) is 4.44. The maximum atomic E-state index is 12.2. The summed E-state index contributed by atoms with van der Waals surface area (Å²) < 4.78 is 11.5. The summed E-state index contributed by atoms with van der Waals surface area (Å²) in [5.74, 6) is -0.103. The summed E-state index contributed by atoms with van der Waals surface area (Å²) in [7, 11) is 0. The number of nitro groups is 1. The zero-order valence-corrected chi connectivity index (χ0v) is 14.3. The molecule has 2 aromatic rings. The molecule has 7 heteroatoms. The molecular formula is C19H20N2O5. The van der Waals surface area contributed by atoms with Crippen LogP contribution < -0.4 is 5.32 Å². The Morgan fingerprint density at radius 3 is 2.69 bits per heavy atom. The van der Waals surface area contributed by atoms with Crippen molar-refractivity contribution in [2.45, 2.75) is 31.8 Å². The van der Waals surface area contributed by atoms with Gasteiger partial charge in [-0.05, 0) is 12.5 Å². The van der Waals surface area contributed by atoms with Gasteiger partial charge in [-0.2, -0.15) is 0 Å². The molecule has 1 fully saturated rings. The van der Waals surface area contributed by atoms with Gasteiger partial charge in [0.15, 0.2) is 6.29 Å². The molecule has 1 heterocycles. The minimum absolute atomic E-state index is 0.0133. The van der Waals surface area contributed by atoms with Crippen LogP contribution in [0.3, 0.4) is 0 Å². The first-order valence-corrected chi connectivity index (χ1v) is 8.37. The molecule has 1 amide bonds. The highest BCUT2D eigenvalue weighted by atomic mass is 16.7. The van der Waals surface area contributed by atoms with E-state index >= 15 is 0 Å². The Morgan fingerprint density at radius 2 is 2.00 bits per heavy atom. The molecule has 1 saturated heterocycles. The number of ether oxygens (including phenoxy) is 2. The van der Waals surface area contributed by atoms with Gasteiger partial charge in [0, 0.05) is 17.7 Å². The summed E-state index contributed by atoms with van der Waals surface area (Å²) in [6.45, 7) is 2.12. The quantitative estimate of drug-likeness (QED) is 0.657.